The number of nitrogens with zero attached hydrogens (tertiary/aromatic N) is 3. The molecule has 6 heteroatoms. The second kappa shape index (κ2) is 7.19. The number of morpholine rings is 1. The Balaban J connectivity index is 1.66. The number of aryl methyl sites for hydroxylation is 1. The first-order valence-electron chi connectivity index (χ1n) is 7.72. The molecule has 23 heavy (non-hydrogen) atoms. The molecule has 0 atom stereocenters. The van der Waals surface area contributed by atoms with Gasteiger partial charge >= 0.3 is 0 Å². The molecule has 1 saturated heterocycles. The number of carbonyl (C=O) groups excluding carboxylic acids is 1. The molecule has 6 nitrogen and oxygen atoms in total. The third-order valence-corrected chi connectivity index (χ3v) is 3.71. The minimum Gasteiger partial charge on any atom is -0.378 e. The summed E-state index contributed by atoms with van der Waals surface area (Å²) in [5, 5.41) is 3.17. The molecule has 1 amide bonds. The molecule has 0 bridgehead atoms. The highest BCUT2D eigenvalue weighted by molar-refractivity contribution is 5.92. The van der Waals surface area contributed by atoms with E-state index in [9.17, 15) is 4.79 Å². The Bertz CT molecular complexity index is 684. The van der Waals surface area contributed by atoms with Crippen LogP contribution in [0.5, 0.6) is 0 Å². The Morgan fingerprint density at radius 3 is 2.91 bits per heavy atom. The predicted molar refractivity (Wildman–Crippen MR) is 87.3 cm³/mol. The zero-order valence-corrected chi connectivity index (χ0v) is 13.2. The molecular formula is C17H20N4O2. The van der Waals surface area contributed by atoms with E-state index in [1.807, 2.05) is 12.1 Å². The largest absolute Gasteiger partial charge is 0.378 e. The lowest BCUT2D eigenvalue weighted by Gasteiger charge is -2.26. The van der Waals surface area contributed by atoms with E-state index in [0.717, 1.165) is 5.56 Å². The number of carbonyl (C=O) groups is 1. The average Bonchev–Trinajstić information content (AvgIpc) is 2.60. The van der Waals surface area contributed by atoms with E-state index in [0.29, 0.717) is 44.5 Å². The van der Waals surface area contributed by atoms with E-state index in [2.05, 4.69) is 34.3 Å². The summed E-state index contributed by atoms with van der Waals surface area (Å²) in [6, 6.07) is 9.88. The lowest BCUT2D eigenvalue weighted by Crippen LogP contribution is -2.41. The molecule has 2 aromatic rings. The predicted octanol–water partition coefficient (Wildman–Crippen LogP) is 1.87. The van der Waals surface area contributed by atoms with Gasteiger partial charge in [-0.3, -0.25) is 4.79 Å². The van der Waals surface area contributed by atoms with Gasteiger partial charge in [0.05, 0.1) is 13.2 Å². The van der Waals surface area contributed by atoms with Crippen LogP contribution in [0.4, 0.5) is 5.95 Å². The molecule has 1 aliphatic heterocycles. The van der Waals surface area contributed by atoms with Crippen LogP contribution >= 0.6 is 0 Å². The smallest absolute Gasteiger partial charge is 0.272 e. The molecule has 0 radical (unpaired) electrons. The summed E-state index contributed by atoms with van der Waals surface area (Å²) in [5.41, 5.74) is 2.77. The van der Waals surface area contributed by atoms with Crippen molar-refractivity contribution in [1.82, 2.24) is 14.9 Å². The second-order valence-corrected chi connectivity index (χ2v) is 5.51. The summed E-state index contributed by atoms with van der Waals surface area (Å²) < 4.78 is 5.27. The van der Waals surface area contributed by atoms with Crippen molar-refractivity contribution in [3.63, 3.8) is 0 Å². The number of amides is 1. The second-order valence-electron chi connectivity index (χ2n) is 5.51. The van der Waals surface area contributed by atoms with E-state index in [1.165, 1.54) is 5.56 Å². The minimum absolute atomic E-state index is 0.0747. The zero-order valence-electron chi connectivity index (χ0n) is 13.2. The molecule has 0 spiro atoms. The molecule has 1 aliphatic rings. The van der Waals surface area contributed by atoms with Gasteiger partial charge in [-0.15, -0.1) is 0 Å². The number of hydrogen-bond acceptors (Lipinski definition) is 5. The number of benzene rings is 1. The number of hydrogen-bond donors (Lipinski definition) is 1. The van der Waals surface area contributed by atoms with Gasteiger partial charge in [0.15, 0.2) is 0 Å². The topological polar surface area (TPSA) is 67.4 Å². The van der Waals surface area contributed by atoms with Crippen molar-refractivity contribution in [3.05, 3.63) is 53.3 Å². The Kier molecular flexibility index (Phi) is 4.83. The van der Waals surface area contributed by atoms with Crippen molar-refractivity contribution in [3.8, 4) is 0 Å². The average molecular weight is 312 g/mol. The maximum Gasteiger partial charge on any atom is 0.272 e. The number of ether oxygens (including phenoxy) is 1. The molecular weight excluding hydrogens is 292 g/mol. The van der Waals surface area contributed by atoms with Crippen molar-refractivity contribution >= 4 is 11.9 Å². The van der Waals surface area contributed by atoms with Crippen molar-refractivity contribution in [2.24, 2.45) is 0 Å². The number of nitrogens with one attached hydrogen (secondary N) is 1. The molecule has 0 saturated carbocycles. The minimum atomic E-state index is -0.0747. The van der Waals surface area contributed by atoms with Gasteiger partial charge < -0.3 is 15.0 Å². The number of rotatable bonds is 4. The van der Waals surface area contributed by atoms with Gasteiger partial charge in [-0.05, 0) is 18.6 Å². The Morgan fingerprint density at radius 2 is 2.13 bits per heavy atom. The first-order chi connectivity index (χ1) is 11.2. The molecule has 0 aliphatic carbocycles. The molecule has 1 N–H and O–H groups in total. The fourth-order valence-electron chi connectivity index (χ4n) is 2.49. The van der Waals surface area contributed by atoms with Crippen LogP contribution in [0.15, 0.2) is 36.5 Å². The van der Waals surface area contributed by atoms with Gasteiger partial charge in [0.25, 0.3) is 5.91 Å². The Labute approximate surface area is 135 Å². The van der Waals surface area contributed by atoms with Gasteiger partial charge in [0.2, 0.25) is 5.95 Å². The highest BCUT2D eigenvalue weighted by atomic mass is 16.5. The maximum atomic E-state index is 12.4. The van der Waals surface area contributed by atoms with E-state index in [1.54, 1.807) is 17.2 Å². The van der Waals surface area contributed by atoms with Crippen LogP contribution < -0.4 is 5.32 Å². The van der Waals surface area contributed by atoms with E-state index in [4.69, 9.17) is 4.74 Å². The summed E-state index contributed by atoms with van der Waals surface area (Å²) in [4.78, 5) is 22.7. The quantitative estimate of drug-likeness (QED) is 0.933. The van der Waals surface area contributed by atoms with Crippen LogP contribution in [0.25, 0.3) is 0 Å². The van der Waals surface area contributed by atoms with E-state index < -0.39 is 0 Å². The van der Waals surface area contributed by atoms with E-state index >= 15 is 0 Å². The molecule has 1 fully saturated rings. The zero-order chi connectivity index (χ0) is 16.1. The fourth-order valence-corrected chi connectivity index (χ4v) is 2.49. The summed E-state index contributed by atoms with van der Waals surface area (Å²) in [5.74, 6) is 0.389. The van der Waals surface area contributed by atoms with Gasteiger partial charge in [0, 0.05) is 25.8 Å². The maximum absolute atomic E-state index is 12.4. The SMILES string of the molecule is Cc1cccc(CNc2nccc(C(=O)N3CCOCC3)n2)c1. The van der Waals surface area contributed by atoms with Crippen LogP contribution in [0.3, 0.4) is 0 Å². The van der Waals surface area contributed by atoms with Crippen LogP contribution in [-0.4, -0.2) is 47.1 Å². The fraction of sp³-hybridized carbons (Fsp3) is 0.353. The third-order valence-electron chi connectivity index (χ3n) is 3.71. The van der Waals surface area contributed by atoms with Crippen molar-refractivity contribution in [1.29, 1.82) is 0 Å². The highest BCUT2D eigenvalue weighted by Gasteiger charge is 2.19. The summed E-state index contributed by atoms with van der Waals surface area (Å²) in [6.07, 6.45) is 1.61. The molecule has 2 heterocycles. The van der Waals surface area contributed by atoms with Crippen LogP contribution in [0, 0.1) is 6.92 Å². The van der Waals surface area contributed by atoms with Crippen molar-refractivity contribution in [2.45, 2.75) is 13.5 Å². The molecule has 120 valence electrons. The monoisotopic (exact) mass is 312 g/mol. The molecule has 1 aromatic heterocycles. The van der Waals surface area contributed by atoms with Gasteiger partial charge in [-0.1, -0.05) is 29.8 Å². The van der Waals surface area contributed by atoms with Crippen LogP contribution in [-0.2, 0) is 11.3 Å². The standard InChI is InChI=1S/C17H20N4O2/c1-13-3-2-4-14(11-13)12-19-17-18-6-5-15(20-17)16(22)21-7-9-23-10-8-21/h2-6,11H,7-10,12H2,1H3,(H,18,19,20). The van der Waals surface area contributed by atoms with Gasteiger partial charge in [-0.25, -0.2) is 9.97 Å². The van der Waals surface area contributed by atoms with E-state index in [-0.39, 0.29) is 5.91 Å². The van der Waals surface area contributed by atoms with Gasteiger partial charge in [0.1, 0.15) is 5.69 Å². The Morgan fingerprint density at radius 1 is 1.30 bits per heavy atom. The highest BCUT2D eigenvalue weighted by Crippen LogP contribution is 2.09. The van der Waals surface area contributed by atoms with Gasteiger partial charge in [-0.2, -0.15) is 0 Å². The first kappa shape index (κ1) is 15.4. The lowest BCUT2D eigenvalue weighted by atomic mass is 10.1. The number of anilines is 1. The molecule has 3 rings (SSSR count). The molecule has 1 aromatic carbocycles. The molecule has 0 unspecified atom stereocenters. The lowest BCUT2D eigenvalue weighted by molar-refractivity contribution is 0.0299. The summed E-state index contributed by atoms with van der Waals surface area (Å²) >= 11 is 0. The summed E-state index contributed by atoms with van der Waals surface area (Å²) in [6.45, 7) is 5.05. The van der Waals surface area contributed by atoms with Crippen LogP contribution in [0.1, 0.15) is 21.6 Å². The van der Waals surface area contributed by atoms with Crippen LogP contribution in [0.2, 0.25) is 0 Å². The van der Waals surface area contributed by atoms with Crippen molar-refractivity contribution < 1.29 is 9.53 Å². The Hall–Kier alpha value is -2.47. The normalized spacial score (nSPS) is 14.6. The number of aromatic nitrogens is 2. The summed E-state index contributed by atoms with van der Waals surface area (Å²) in [7, 11) is 0. The van der Waals surface area contributed by atoms with Crippen molar-refractivity contribution in [2.75, 3.05) is 31.6 Å². The third kappa shape index (κ3) is 4.04. The first-order valence-corrected chi connectivity index (χ1v) is 7.72.